The Kier molecular flexibility index (Phi) is 3.73. The molecule has 0 saturated heterocycles. The lowest BCUT2D eigenvalue weighted by molar-refractivity contribution is -0.114. The molecule has 84 valence electrons. The van der Waals surface area contributed by atoms with E-state index < -0.39 is 0 Å². The molecule has 0 spiro atoms. The van der Waals surface area contributed by atoms with Gasteiger partial charge in [0, 0.05) is 17.9 Å². The van der Waals surface area contributed by atoms with Crippen LogP contribution < -0.4 is 5.32 Å². The molecule has 0 heterocycles. The van der Waals surface area contributed by atoms with Gasteiger partial charge in [0.2, 0.25) is 5.91 Å². The van der Waals surface area contributed by atoms with Gasteiger partial charge in [0.1, 0.15) is 0 Å². The van der Waals surface area contributed by atoms with Crippen LogP contribution in [0.1, 0.15) is 33.3 Å². The Balaban J connectivity index is 3.03. The van der Waals surface area contributed by atoms with E-state index in [2.05, 4.69) is 37.9 Å². The van der Waals surface area contributed by atoms with Crippen molar-refractivity contribution < 1.29 is 4.79 Å². The van der Waals surface area contributed by atoms with Crippen molar-refractivity contribution in [2.45, 2.75) is 27.7 Å². The topological polar surface area (TPSA) is 29.1 Å². The summed E-state index contributed by atoms with van der Waals surface area (Å²) in [7, 11) is 0. The molecule has 1 N–H and O–H groups in total. The monoisotopic (exact) mass is 215 g/mol. The maximum Gasteiger partial charge on any atom is 0.221 e. The first-order valence-corrected chi connectivity index (χ1v) is 5.28. The summed E-state index contributed by atoms with van der Waals surface area (Å²) in [5.74, 6) is 6.17. The molecule has 0 fully saturated rings. The second-order valence-corrected chi connectivity index (χ2v) is 4.73. The number of carbonyl (C=O) groups excluding carboxylic acids is 1. The van der Waals surface area contributed by atoms with Gasteiger partial charge in [-0.05, 0) is 32.9 Å². The van der Waals surface area contributed by atoms with Crippen molar-refractivity contribution in [3.8, 4) is 11.8 Å². The Morgan fingerprint density at radius 1 is 1.25 bits per heavy atom. The zero-order chi connectivity index (χ0) is 12.2. The Labute approximate surface area is 97.1 Å². The lowest BCUT2D eigenvalue weighted by atomic mass is 9.97. The number of anilines is 1. The maximum atomic E-state index is 11.0. The van der Waals surface area contributed by atoms with E-state index in [1.807, 2.05) is 24.3 Å². The molecule has 1 aromatic carbocycles. The van der Waals surface area contributed by atoms with Gasteiger partial charge in [-0.1, -0.05) is 24.0 Å². The van der Waals surface area contributed by atoms with Crippen LogP contribution in [0.2, 0.25) is 0 Å². The van der Waals surface area contributed by atoms with Gasteiger partial charge < -0.3 is 5.32 Å². The predicted molar refractivity (Wildman–Crippen MR) is 67.1 cm³/mol. The van der Waals surface area contributed by atoms with Crippen molar-refractivity contribution in [3.05, 3.63) is 29.8 Å². The molecular formula is C14H17NO. The molecule has 0 aromatic heterocycles. The molecule has 16 heavy (non-hydrogen) atoms. The Morgan fingerprint density at radius 3 is 2.44 bits per heavy atom. The van der Waals surface area contributed by atoms with Gasteiger partial charge in [0.25, 0.3) is 0 Å². The molecule has 1 rings (SSSR count). The van der Waals surface area contributed by atoms with E-state index in [9.17, 15) is 4.79 Å². The minimum Gasteiger partial charge on any atom is -0.325 e. The Bertz CT molecular complexity index is 444. The lowest BCUT2D eigenvalue weighted by Crippen LogP contribution is -2.07. The molecule has 0 atom stereocenters. The molecular weight excluding hydrogens is 198 g/mol. The van der Waals surface area contributed by atoms with E-state index in [0.717, 1.165) is 11.3 Å². The van der Waals surface area contributed by atoms with E-state index in [4.69, 9.17) is 0 Å². The van der Waals surface area contributed by atoms with Crippen LogP contribution >= 0.6 is 0 Å². The highest BCUT2D eigenvalue weighted by Gasteiger charge is 2.05. The molecule has 0 radical (unpaired) electrons. The van der Waals surface area contributed by atoms with Crippen molar-refractivity contribution in [2.75, 3.05) is 5.32 Å². The van der Waals surface area contributed by atoms with Crippen LogP contribution in [0.3, 0.4) is 0 Å². The molecule has 1 aromatic rings. The third kappa shape index (κ3) is 4.18. The first-order valence-electron chi connectivity index (χ1n) is 5.28. The van der Waals surface area contributed by atoms with Crippen LogP contribution in [-0.2, 0) is 4.79 Å². The largest absolute Gasteiger partial charge is 0.325 e. The quantitative estimate of drug-likeness (QED) is 0.717. The molecule has 0 aliphatic heterocycles. The van der Waals surface area contributed by atoms with Crippen LogP contribution in [0.4, 0.5) is 5.69 Å². The van der Waals surface area contributed by atoms with Gasteiger partial charge >= 0.3 is 0 Å². The lowest BCUT2D eigenvalue weighted by Gasteiger charge is -2.08. The summed E-state index contributed by atoms with van der Waals surface area (Å²) in [6, 6.07) is 7.56. The number of nitrogens with one attached hydrogen (secondary N) is 1. The first-order chi connectivity index (χ1) is 7.38. The molecule has 0 unspecified atom stereocenters. The van der Waals surface area contributed by atoms with Gasteiger partial charge in [-0.25, -0.2) is 0 Å². The van der Waals surface area contributed by atoms with Crippen molar-refractivity contribution >= 4 is 11.6 Å². The average Bonchev–Trinajstić information content (AvgIpc) is 2.14. The fourth-order valence-corrected chi connectivity index (χ4v) is 1.15. The molecule has 0 saturated carbocycles. The van der Waals surface area contributed by atoms with Crippen LogP contribution in [0, 0.1) is 17.3 Å². The van der Waals surface area contributed by atoms with Gasteiger partial charge in [-0.3, -0.25) is 4.79 Å². The summed E-state index contributed by atoms with van der Waals surface area (Å²) in [5, 5.41) is 2.77. The molecule has 2 nitrogen and oxygen atoms in total. The van der Waals surface area contributed by atoms with Crippen molar-refractivity contribution in [3.63, 3.8) is 0 Å². The Hall–Kier alpha value is -1.75. The van der Waals surface area contributed by atoms with E-state index in [1.54, 1.807) is 0 Å². The fourth-order valence-electron chi connectivity index (χ4n) is 1.15. The van der Waals surface area contributed by atoms with Crippen LogP contribution in [0.25, 0.3) is 0 Å². The second kappa shape index (κ2) is 4.85. The number of rotatable bonds is 1. The molecule has 0 aliphatic carbocycles. The fraction of sp³-hybridized carbons (Fsp3) is 0.357. The minimum absolute atomic E-state index is 0.0384. The van der Waals surface area contributed by atoms with Crippen LogP contribution in [-0.4, -0.2) is 5.91 Å². The summed E-state index contributed by atoms with van der Waals surface area (Å²) < 4.78 is 0. The van der Waals surface area contributed by atoms with Crippen LogP contribution in [0.5, 0.6) is 0 Å². The molecule has 1 amide bonds. The van der Waals surface area contributed by atoms with Gasteiger partial charge in [0.15, 0.2) is 0 Å². The van der Waals surface area contributed by atoms with E-state index in [-0.39, 0.29) is 11.3 Å². The number of para-hydroxylation sites is 1. The normalized spacial score (nSPS) is 10.2. The number of hydrogen-bond acceptors (Lipinski definition) is 1. The summed E-state index contributed by atoms with van der Waals surface area (Å²) in [4.78, 5) is 11.0. The summed E-state index contributed by atoms with van der Waals surface area (Å²) in [6.45, 7) is 7.66. The number of hydrogen-bond donors (Lipinski definition) is 1. The van der Waals surface area contributed by atoms with E-state index in [0.29, 0.717) is 0 Å². The van der Waals surface area contributed by atoms with Crippen molar-refractivity contribution in [1.29, 1.82) is 0 Å². The smallest absolute Gasteiger partial charge is 0.221 e. The van der Waals surface area contributed by atoms with E-state index >= 15 is 0 Å². The summed E-state index contributed by atoms with van der Waals surface area (Å²) >= 11 is 0. The van der Waals surface area contributed by atoms with Crippen LogP contribution in [0.15, 0.2) is 24.3 Å². The first kappa shape index (κ1) is 12.3. The number of amides is 1. The number of carbonyl (C=O) groups is 1. The summed E-state index contributed by atoms with van der Waals surface area (Å²) in [6.07, 6.45) is 0. The van der Waals surface area contributed by atoms with Gasteiger partial charge in [-0.15, -0.1) is 0 Å². The number of benzene rings is 1. The maximum absolute atomic E-state index is 11.0. The van der Waals surface area contributed by atoms with Crippen molar-refractivity contribution in [2.24, 2.45) is 5.41 Å². The highest BCUT2D eigenvalue weighted by atomic mass is 16.1. The second-order valence-electron chi connectivity index (χ2n) is 4.73. The van der Waals surface area contributed by atoms with Gasteiger partial charge in [-0.2, -0.15) is 0 Å². The average molecular weight is 215 g/mol. The molecule has 0 aliphatic rings. The van der Waals surface area contributed by atoms with E-state index in [1.165, 1.54) is 6.92 Å². The highest BCUT2D eigenvalue weighted by molar-refractivity contribution is 5.90. The van der Waals surface area contributed by atoms with Gasteiger partial charge in [0.05, 0.1) is 5.69 Å². The third-order valence-electron chi connectivity index (χ3n) is 1.81. The zero-order valence-electron chi connectivity index (χ0n) is 10.2. The molecule has 2 heteroatoms. The Morgan fingerprint density at radius 2 is 1.88 bits per heavy atom. The summed E-state index contributed by atoms with van der Waals surface area (Å²) in [5.41, 5.74) is 1.59. The third-order valence-corrected chi connectivity index (χ3v) is 1.81. The molecule has 0 bridgehead atoms. The predicted octanol–water partition coefficient (Wildman–Crippen LogP) is 3.04. The highest BCUT2D eigenvalue weighted by Crippen LogP contribution is 2.16. The SMILES string of the molecule is CC(=O)Nc1ccccc1C#CC(C)(C)C. The minimum atomic E-state index is -0.0787. The zero-order valence-corrected chi connectivity index (χ0v) is 10.2. The standard InChI is InChI=1S/C14H17NO/c1-11(16)15-13-8-6-5-7-12(13)9-10-14(2,3)4/h5-8H,1-4H3,(H,15,16). The van der Waals surface area contributed by atoms with Crippen molar-refractivity contribution in [1.82, 2.24) is 0 Å².